The first-order valence-corrected chi connectivity index (χ1v) is 12.7. The van der Waals surface area contributed by atoms with Crippen molar-refractivity contribution in [3.05, 3.63) is 58.6 Å². The Balaban J connectivity index is 1.60. The highest BCUT2D eigenvalue weighted by Gasteiger charge is 2.35. The maximum Gasteiger partial charge on any atom is 0.247 e. The summed E-state index contributed by atoms with van der Waals surface area (Å²) in [6, 6.07) is 14.2. The Kier molecular flexibility index (Phi) is 8.15. The normalized spacial score (nSPS) is 18.9. The van der Waals surface area contributed by atoms with E-state index in [1.807, 2.05) is 48.5 Å². The number of nitrogens with zero attached hydrogens (tertiary/aromatic N) is 1. The summed E-state index contributed by atoms with van der Waals surface area (Å²) in [6.07, 6.45) is 4.88. The van der Waals surface area contributed by atoms with Gasteiger partial charge in [0.15, 0.2) is 17.6 Å². The van der Waals surface area contributed by atoms with Crippen LogP contribution in [0.2, 0.25) is 0 Å². The summed E-state index contributed by atoms with van der Waals surface area (Å²) in [5, 5.41) is 3.19. The molecule has 0 aromatic heterocycles. The summed E-state index contributed by atoms with van der Waals surface area (Å²) < 4.78 is 12.8. The summed E-state index contributed by atoms with van der Waals surface area (Å²) >= 11 is 9.49. The third-order valence-electron chi connectivity index (χ3n) is 6.08. The van der Waals surface area contributed by atoms with Gasteiger partial charge in [0.05, 0.1) is 6.54 Å². The summed E-state index contributed by atoms with van der Waals surface area (Å²) in [5.74, 6) is 0.532. The van der Waals surface area contributed by atoms with E-state index in [9.17, 15) is 9.59 Å². The molecule has 4 rings (SSSR count). The van der Waals surface area contributed by atoms with Crippen LogP contribution in [0.3, 0.4) is 0 Å². The Morgan fingerprint density at radius 2 is 1.85 bits per heavy atom. The third kappa shape index (κ3) is 6.01. The average Bonchev–Trinajstić information content (AvgIpc) is 2.83. The van der Waals surface area contributed by atoms with E-state index >= 15 is 0 Å². The highest BCUT2D eigenvalue weighted by Crippen LogP contribution is 2.32. The van der Waals surface area contributed by atoms with E-state index in [0.29, 0.717) is 17.1 Å². The number of halogens is 2. The molecule has 1 aliphatic carbocycles. The lowest BCUT2D eigenvalue weighted by Crippen LogP contribution is -2.51. The van der Waals surface area contributed by atoms with Crippen LogP contribution >= 0.6 is 27.5 Å². The molecule has 1 saturated carbocycles. The van der Waals surface area contributed by atoms with Gasteiger partial charge in [-0.05, 0) is 42.7 Å². The van der Waals surface area contributed by atoms with Crippen molar-refractivity contribution in [1.29, 1.82) is 0 Å². The summed E-state index contributed by atoms with van der Waals surface area (Å²) in [7, 11) is 0. The van der Waals surface area contributed by atoms with Crippen LogP contribution in [0.5, 0.6) is 11.5 Å². The van der Waals surface area contributed by atoms with E-state index in [4.69, 9.17) is 21.1 Å². The lowest BCUT2D eigenvalue weighted by atomic mass is 9.94. The van der Waals surface area contributed by atoms with Crippen LogP contribution in [-0.4, -0.2) is 47.9 Å². The van der Waals surface area contributed by atoms with E-state index in [2.05, 4.69) is 21.2 Å². The van der Waals surface area contributed by atoms with Gasteiger partial charge >= 0.3 is 0 Å². The maximum atomic E-state index is 13.6. The number of hydrogen-bond acceptors (Lipinski definition) is 4. The molecule has 0 saturated heterocycles. The molecule has 0 spiro atoms. The standard InChI is InChI=1S/C25H28BrClN2O4/c26-18-8-6-7-17(13-18)24(25(31)28-19-9-2-1-3-10-19)29(23(30)14-27)15-20-16-32-21-11-4-5-12-22(21)33-20/h4-8,11-13,19-20,24H,1-3,9-10,14-16H2,(H,28,31)/t20-,24-/m1/s1. The average molecular weight is 536 g/mol. The highest BCUT2D eigenvalue weighted by molar-refractivity contribution is 9.10. The smallest absolute Gasteiger partial charge is 0.247 e. The molecule has 0 radical (unpaired) electrons. The Labute approximate surface area is 207 Å². The Bertz CT molecular complexity index is 982. The van der Waals surface area contributed by atoms with Crippen molar-refractivity contribution in [3.8, 4) is 11.5 Å². The molecule has 1 fully saturated rings. The van der Waals surface area contributed by atoms with Gasteiger partial charge < -0.3 is 19.7 Å². The molecule has 2 amide bonds. The Hall–Kier alpha value is -2.25. The van der Waals surface area contributed by atoms with Crippen LogP contribution < -0.4 is 14.8 Å². The third-order valence-corrected chi connectivity index (χ3v) is 6.80. The van der Waals surface area contributed by atoms with Gasteiger partial charge in [0, 0.05) is 10.5 Å². The molecule has 2 aliphatic rings. The number of benzene rings is 2. The molecule has 1 heterocycles. The number of rotatable bonds is 7. The number of alkyl halides is 1. The number of carbonyl (C=O) groups excluding carboxylic acids is 2. The quantitative estimate of drug-likeness (QED) is 0.515. The minimum Gasteiger partial charge on any atom is -0.486 e. The fourth-order valence-electron chi connectivity index (χ4n) is 4.48. The second-order valence-electron chi connectivity index (χ2n) is 8.48. The zero-order valence-electron chi connectivity index (χ0n) is 18.3. The first kappa shape index (κ1) is 23.9. The summed E-state index contributed by atoms with van der Waals surface area (Å²) in [6.45, 7) is 0.452. The molecular weight excluding hydrogens is 508 g/mol. The molecule has 2 aromatic carbocycles. The van der Waals surface area contributed by atoms with E-state index in [1.165, 1.54) is 11.3 Å². The van der Waals surface area contributed by atoms with Crippen molar-refractivity contribution < 1.29 is 19.1 Å². The maximum absolute atomic E-state index is 13.6. The molecule has 2 atom stereocenters. The molecule has 1 aliphatic heterocycles. The van der Waals surface area contributed by atoms with Crippen molar-refractivity contribution in [3.63, 3.8) is 0 Å². The van der Waals surface area contributed by atoms with E-state index in [-0.39, 0.29) is 36.9 Å². The molecule has 1 N–H and O–H groups in total. The van der Waals surface area contributed by atoms with Crippen LogP contribution in [0.15, 0.2) is 53.0 Å². The van der Waals surface area contributed by atoms with Crippen molar-refractivity contribution in [2.45, 2.75) is 50.3 Å². The fourth-order valence-corrected chi connectivity index (χ4v) is 5.05. The van der Waals surface area contributed by atoms with Gasteiger partial charge in [0.1, 0.15) is 18.5 Å². The number of hydrogen-bond donors (Lipinski definition) is 1. The van der Waals surface area contributed by atoms with Crippen LogP contribution in [0.25, 0.3) is 0 Å². The van der Waals surface area contributed by atoms with E-state index in [1.54, 1.807) is 0 Å². The van der Waals surface area contributed by atoms with Gasteiger partial charge in [-0.1, -0.05) is 59.5 Å². The van der Waals surface area contributed by atoms with Gasteiger partial charge in [0.25, 0.3) is 0 Å². The lowest BCUT2D eigenvalue weighted by molar-refractivity contribution is -0.141. The molecule has 8 heteroatoms. The Morgan fingerprint density at radius 1 is 1.09 bits per heavy atom. The van der Waals surface area contributed by atoms with Crippen molar-refractivity contribution in [2.24, 2.45) is 0 Å². The fraction of sp³-hybridized carbons (Fsp3) is 0.440. The minimum absolute atomic E-state index is 0.120. The molecule has 0 bridgehead atoms. The second kappa shape index (κ2) is 11.3. The predicted octanol–water partition coefficient (Wildman–Crippen LogP) is 4.85. The molecule has 176 valence electrons. The van der Waals surface area contributed by atoms with Gasteiger partial charge in [0.2, 0.25) is 11.8 Å². The summed E-state index contributed by atoms with van der Waals surface area (Å²) in [4.78, 5) is 28.1. The van der Waals surface area contributed by atoms with Crippen molar-refractivity contribution in [2.75, 3.05) is 19.0 Å². The number of carbonyl (C=O) groups is 2. The molecule has 33 heavy (non-hydrogen) atoms. The van der Waals surface area contributed by atoms with Crippen LogP contribution in [-0.2, 0) is 9.59 Å². The molecule has 2 aromatic rings. The SMILES string of the molecule is O=C(NC1CCCCC1)[C@@H](c1cccc(Br)c1)N(C[C@@H]1COc2ccccc2O1)C(=O)CCl. The molecule has 6 nitrogen and oxygen atoms in total. The van der Waals surface area contributed by atoms with Gasteiger partial charge in [-0.15, -0.1) is 11.6 Å². The van der Waals surface area contributed by atoms with Crippen molar-refractivity contribution >= 4 is 39.3 Å². The van der Waals surface area contributed by atoms with E-state index < -0.39 is 12.1 Å². The molecular formula is C25H28BrClN2O4. The number of ether oxygens (including phenoxy) is 2. The number of fused-ring (bicyclic) bond motifs is 1. The Morgan fingerprint density at radius 3 is 2.58 bits per heavy atom. The first-order chi connectivity index (χ1) is 16.0. The number of para-hydroxylation sites is 2. The zero-order valence-corrected chi connectivity index (χ0v) is 20.7. The largest absolute Gasteiger partial charge is 0.486 e. The monoisotopic (exact) mass is 534 g/mol. The van der Waals surface area contributed by atoms with Crippen LogP contribution in [0.4, 0.5) is 0 Å². The van der Waals surface area contributed by atoms with Gasteiger partial charge in [-0.25, -0.2) is 0 Å². The zero-order chi connectivity index (χ0) is 23.2. The van der Waals surface area contributed by atoms with E-state index in [0.717, 1.165) is 30.2 Å². The first-order valence-electron chi connectivity index (χ1n) is 11.3. The second-order valence-corrected chi connectivity index (χ2v) is 9.66. The van der Waals surface area contributed by atoms with Crippen molar-refractivity contribution in [1.82, 2.24) is 10.2 Å². The molecule has 0 unspecified atom stereocenters. The predicted molar refractivity (Wildman–Crippen MR) is 131 cm³/mol. The van der Waals surface area contributed by atoms with Crippen LogP contribution in [0.1, 0.15) is 43.7 Å². The minimum atomic E-state index is -0.823. The van der Waals surface area contributed by atoms with Gasteiger partial charge in [-0.3, -0.25) is 9.59 Å². The number of nitrogens with one attached hydrogen (secondary N) is 1. The van der Waals surface area contributed by atoms with Gasteiger partial charge in [-0.2, -0.15) is 0 Å². The summed E-state index contributed by atoms with van der Waals surface area (Å²) in [5.41, 5.74) is 0.716. The van der Waals surface area contributed by atoms with Crippen LogP contribution in [0, 0.1) is 0 Å². The lowest BCUT2D eigenvalue weighted by Gasteiger charge is -2.36. The highest BCUT2D eigenvalue weighted by atomic mass is 79.9. The number of amides is 2. The topological polar surface area (TPSA) is 67.9 Å².